The van der Waals surface area contributed by atoms with Crippen LogP contribution < -0.4 is 22.9 Å². The minimum atomic E-state index is -0.525. The molecule has 0 saturated heterocycles. The van der Waals surface area contributed by atoms with E-state index in [0.29, 0.717) is 54.2 Å². The van der Waals surface area contributed by atoms with Crippen molar-refractivity contribution in [1.29, 1.82) is 0 Å². The standard InChI is InChI=1S/C28H33ClFN7O2.C3H9N/c1-17(31)4-2-5-19-12-22(25(30)23(29)13-19)24-14-20-15-37(28(38)36-26(20)35-24)21-8-6-18(7-9-21)16-39-11-3-10-34-27(32)33;1-4(2)3/h6-9,12-15,17H,2-5,10-11,16,31H2,1H3,(H4,32,33,34)(H,35,36,38);1-3H3. The predicted molar refractivity (Wildman–Crippen MR) is 173 cm³/mol. The summed E-state index contributed by atoms with van der Waals surface area (Å²) >= 11 is 6.21. The summed E-state index contributed by atoms with van der Waals surface area (Å²) in [4.78, 5) is 26.0. The van der Waals surface area contributed by atoms with E-state index in [4.69, 9.17) is 33.5 Å². The van der Waals surface area contributed by atoms with Gasteiger partial charge in [-0.3, -0.25) is 9.56 Å². The van der Waals surface area contributed by atoms with Gasteiger partial charge in [0.1, 0.15) is 5.65 Å². The molecule has 2 aromatic carbocycles. The first kappa shape index (κ1) is 33.7. The van der Waals surface area contributed by atoms with E-state index < -0.39 is 11.5 Å². The second-order valence-electron chi connectivity index (χ2n) is 10.9. The highest BCUT2D eigenvalue weighted by molar-refractivity contribution is 6.31. The Labute approximate surface area is 256 Å². The fourth-order valence-electron chi connectivity index (χ4n) is 4.26. The molecule has 0 bridgehead atoms. The smallest absolute Gasteiger partial charge is 0.354 e. The maximum absolute atomic E-state index is 15.0. The van der Waals surface area contributed by atoms with E-state index in [1.54, 1.807) is 24.4 Å². The van der Waals surface area contributed by atoms with Gasteiger partial charge in [0.05, 0.1) is 23.0 Å². The molecule has 0 radical (unpaired) electrons. The van der Waals surface area contributed by atoms with Crippen molar-refractivity contribution < 1.29 is 9.13 Å². The molecule has 1 unspecified atom stereocenters. The van der Waals surface area contributed by atoms with E-state index in [1.165, 1.54) is 4.57 Å². The molecule has 232 valence electrons. The van der Waals surface area contributed by atoms with E-state index in [0.717, 1.165) is 30.4 Å². The number of aliphatic imine (C=N–C) groups is 1. The Morgan fingerprint density at radius 2 is 1.84 bits per heavy atom. The number of benzene rings is 2. The van der Waals surface area contributed by atoms with E-state index in [-0.39, 0.29) is 17.0 Å². The summed E-state index contributed by atoms with van der Waals surface area (Å²) in [5.41, 5.74) is 19.7. The summed E-state index contributed by atoms with van der Waals surface area (Å²) in [5, 5.41) is 0.711. The number of H-pyrrole nitrogens is 1. The Morgan fingerprint density at radius 1 is 1.14 bits per heavy atom. The summed E-state index contributed by atoms with van der Waals surface area (Å²) in [6.45, 7) is 3.42. The second kappa shape index (κ2) is 16.2. The largest absolute Gasteiger partial charge is 0.377 e. The van der Waals surface area contributed by atoms with E-state index in [9.17, 15) is 4.79 Å². The van der Waals surface area contributed by atoms with Crippen molar-refractivity contribution in [2.24, 2.45) is 22.2 Å². The minimum absolute atomic E-state index is 0.0484. The Kier molecular flexibility index (Phi) is 12.7. The van der Waals surface area contributed by atoms with Crippen molar-refractivity contribution in [2.75, 3.05) is 34.3 Å². The summed E-state index contributed by atoms with van der Waals surface area (Å²) in [6, 6.07) is 12.7. The van der Waals surface area contributed by atoms with Crippen LogP contribution in [-0.4, -0.2) is 65.7 Å². The molecule has 2 aromatic heterocycles. The number of hydrogen-bond donors (Lipinski definition) is 4. The number of aryl methyl sites for hydroxylation is 1. The average Bonchev–Trinajstić information content (AvgIpc) is 3.34. The number of aromatic amines is 1. The van der Waals surface area contributed by atoms with Crippen LogP contribution >= 0.6 is 11.6 Å². The zero-order valence-corrected chi connectivity index (χ0v) is 26.0. The van der Waals surface area contributed by atoms with Gasteiger partial charge < -0.3 is 31.8 Å². The molecule has 4 rings (SSSR count). The van der Waals surface area contributed by atoms with Gasteiger partial charge in [-0.05, 0) is 95.2 Å². The van der Waals surface area contributed by atoms with Gasteiger partial charge in [0, 0.05) is 36.3 Å². The van der Waals surface area contributed by atoms with Crippen LogP contribution in [0.5, 0.6) is 0 Å². The van der Waals surface area contributed by atoms with Crippen LogP contribution in [-0.2, 0) is 17.8 Å². The lowest BCUT2D eigenvalue weighted by atomic mass is 10.0. The molecule has 0 aliphatic carbocycles. The van der Waals surface area contributed by atoms with Crippen LogP contribution in [0, 0.1) is 5.82 Å². The fourth-order valence-corrected chi connectivity index (χ4v) is 4.50. The molecule has 0 aliphatic rings. The lowest BCUT2D eigenvalue weighted by Gasteiger charge is -2.09. The third-order valence-corrected chi connectivity index (χ3v) is 6.51. The number of guanidine groups is 1. The first-order valence-electron chi connectivity index (χ1n) is 14.1. The normalized spacial score (nSPS) is 11.8. The summed E-state index contributed by atoms with van der Waals surface area (Å²) < 4.78 is 22.1. The molecule has 4 aromatic rings. The number of ether oxygens (including phenoxy) is 1. The number of nitrogens with two attached hydrogens (primary N) is 3. The van der Waals surface area contributed by atoms with Crippen LogP contribution in [0.3, 0.4) is 0 Å². The summed E-state index contributed by atoms with van der Waals surface area (Å²) in [7, 11) is 6.00. The zero-order valence-electron chi connectivity index (χ0n) is 25.2. The molecule has 43 heavy (non-hydrogen) atoms. The fraction of sp³-hybridized carbons (Fsp3) is 0.387. The van der Waals surface area contributed by atoms with E-state index in [2.05, 4.69) is 15.0 Å². The number of fused-ring (bicyclic) bond motifs is 1. The maximum Gasteiger partial charge on any atom is 0.354 e. The molecule has 2 heterocycles. The number of rotatable bonds is 12. The molecule has 0 saturated carbocycles. The number of aromatic nitrogens is 3. The molecular formula is C31H42ClFN8O2. The molecule has 7 N–H and O–H groups in total. The van der Waals surface area contributed by atoms with Crippen molar-refractivity contribution in [1.82, 2.24) is 19.4 Å². The van der Waals surface area contributed by atoms with Gasteiger partial charge in [0.25, 0.3) is 0 Å². The molecule has 0 fully saturated rings. The topological polar surface area (TPSA) is 154 Å². The predicted octanol–water partition coefficient (Wildman–Crippen LogP) is 4.20. The lowest BCUT2D eigenvalue weighted by molar-refractivity contribution is 0.120. The highest BCUT2D eigenvalue weighted by Gasteiger charge is 2.15. The Hall–Kier alpha value is -3.77. The van der Waals surface area contributed by atoms with Crippen LogP contribution in [0.1, 0.15) is 37.3 Å². The van der Waals surface area contributed by atoms with Gasteiger partial charge >= 0.3 is 5.69 Å². The van der Waals surface area contributed by atoms with Crippen LogP contribution in [0.4, 0.5) is 4.39 Å². The number of hydrogen-bond acceptors (Lipinski definition) is 6. The van der Waals surface area contributed by atoms with Gasteiger partial charge in [-0.2, -0.15) is 4.98 Å². The highest BCUT2D eigenvalue weighted by atomic mass is 35.5. The SMILES string of the molecule is CC(N)CCCc1cc(Cl)c(F)c(-c2cc3cn(-c4ccc(COCCCN=C(N)N)cc4)c(=O)nc3[nH]2)c1.CN(C)C. The van der Waals surface area contributed by atoms with Crippen molar-refractivity contribution in [2.45, 2.75) is 45.3 Å². The van der Waals surface area contributed by atoms with Crippen molar-refractivity contribution in [3.8, 4) is 16.9 Å². The summed E-state index contributed by atoms with van der Waals surface area (Å²) in [5.74, 6) is -0.456. The number of halogens is 2. The molecule has 1 atom stereocenters. The van der Waals surface area contributed by atoms with Gasteiger partial charge in [0.15, 0.2) is 11.8 Å². The van der Waals surface area contributed by atoms with Crippen molar-refractivity contribution in [3.05, 3.63) is 81.1 Å². The highest BCUT2D eigenvalue weighted by Crippen LogP contribution is 2.31. The van der Waals surface area contributed by atoms with Crippen LogP contribution in [0.2, 0.25) is 5.02 Å². The third kappa shape index (κ3) is 10.5. The zero-order chi connectivity index (χ0) is 31.5. The minimum Gasteiger partial charge on any atom is -0.377 e. The third-order valence-electron chi connectivity index (χ3n) is 6.24. The van der Waals surface area contributed by atoms with Crippen molar-refractivity contribution >= 4 is 28.6 Å². The Bertz CT molecular complexity index is 1560. The van der Waals surface area contributed by atoms with E-state index in [1.807, 2.05) is 57.2 Å². The molecular weight excluding hydrogens is 571 g/mol. The number of nitrogens with zero attached hydrogens (tertiary/aromatic N) is 4. The lowest BCUT2D eigenvalue weighted by Crippen LogP contribution is -2.23. The van der Waals surface area contributed by atoms with Crippen LogP contribution in [0.25, 0.3) is 28.0 Å². The van der Waals surface area contributed by atoms with Gasteiger partial charge in [-0.1, -0.05) is 23.7 Å². The second-order valence-corrected chi connectivity index (χ2v) is 11.3. The first-order chi connectivity index (χ1) is 20.4. The van der Waals surface area contributed by atoms with E-state index >= 15 is 4.39 Å². The maximum atomic E-state index is 15.0. The van der Waals surface area contributed by atoms with Gasteiger partial charge in [-0.25, -0.2) is 9.18 Å². The monoisotopic (exact) mass is 612 g/mol. The molecule has 0 aliphatic heterocycles. The average molecular weight is 613 g/mol. The quantitative estimate of drug-likeness (QED) is 0.106. The van der Waals surface area contributed by atoms with Crippen molar-refractivity contribution in [3.63, 3.8) is 0 Å². The Morgan fingerprint density at radius 3 is 2.49 bits per heavy atom. The molecule has 0 spiro atoms. The first-order valence-corrected chi connectivity index (χ1v) is 14.5. The Balaban J connectivity index is 0.00000119. The molecule has 0 amide bonds. The van der Waals surface area contributed by atoms with Crippen LogP contribution in [0.15, 0.2) is 58.4 Å². The summed E-state index contributed by atoms with van der Waals surface area (Å²) in [6.07, 6.45) is 4.87. The van der Waals surface area contributed by atoms with Gasteiger partial charge in [0.2, 0.25) is 0 Å². The molecule has 10 nitrogen and oxygen atoms in total. The van der Waals surface area contributed by atoms with Gasteiger partial charge in [-0.15, -0.1) is 0 Å². The molecule has 12 heteroatoms. The number of nitrogens with one attached hydrogen (secondary N) is 1.